The SMILES string of the molecule is CCc1ccc2c(CNC3(COC)CCOCC3)cc(=O)oc2c1. The molecule has 1 fully saturated rings. The van der Waals surface area contributed by atoms with Gasteiger partial charge in [0.1, 0.15) is 5.58 Å². The van der Waals surface area contributed by atoms with Crippen LogP contribution in [-0.4, -0.2) is 32.5 Å². The largest absolute Gasteiger partial charge is 0.423 e. The van der Waals surface area contributed by atoms with Gasteiger partial charge < -0.3 is 19.2 Å². The minimum absolute atomic E-state index is 0.0985. The zero-order valence-corrected chi connectivity index (χ0v) is 14.4. The van der Waals surface area contributed by atoms with Gasteiger partial charge in [0, 0.05) is 43.9 Å². The number of rotatable bonds is 6. The quantitative estimate of drug-likeness (QED) is 0.825. The van der Waals surface area contributed by atoms with E-state index in [0.717, 1.165) is 49.0 Å². The Morgan fingerprint density at radius 2 is 2.04 bits per heavy atom. The van der Waals surface area contributed by atoms with Crippen LogP contribution in [0.3, 0.4) is 0 Å². The van der Waals surface area contributed by atoms with Crippen molar-refractivity contribution in [1.82, 2.24) is 5.32 Å². The normalized spacial score (nSPS) is 17.2. The van der Waals surface area contributed by atoms with Gasteiger partial charge in [-0.1, -0.05) is 19.1 Å². The highest BCUT2D eigenvalue weighted by molar-refractivity contribution is 5.80. The first kappa shape index (κ1) is 17.1. The molecule has 0 bridgehead atoms. The molecule has 130 valence electrons. The summed E-state index contributed by atoms with van der Waals surface area (Å²) in [6.07, 6.45) is 2.72. The molecule has 1 aliphatic heterocycles. The van der Waals surface area contributed by atoms with Gasteiger partial charge in [0.25, 0.3) is 0 Å². The minimum Gasteiger partial charge on any atom is -0.423 e. The predicted molar refractivity (Wildman–Crippen MR) is 93.4 cm³/mol. The van der Waals surface area contributed by atoms with Gasteiger partial charge >= 0.3 is 5.63 Å². The van der Waals surface area contributed by atoms with Gasteiger partial charge in [-0.25, -0.2) is 4.79 Å². The van der Waals surface area contributed by atoms with Gasteiger partial charge in [-0.2, -0.15) is 0 Å². The smallest absolute Gasteiger partial charge is 0.336 e. The summed E-state index contributed by atoms with van der Waals surface area (Å²) in [6, 6.07) is 7.67. The third kappa shape index (κ3) is 3.69. The summed E-state index contributed by atoms with van der Waals surface area (Å²) < 4.78 is 16.3. The Balaban J connectivity index is 1.87. The van der Waals surface area contributed by atoms with Crippen molar-refractivity contribution in [3.8, 4) is 0 Å². The number of nitrogens with one attached hydrogen (secondary N) is 1. The average molecular weight is 331 g/mol. The van der Waals surface area contributed by atoms with Crippen molar-refractivity contribution in [3.63, 3.8) is 0 Å². The monoisotopic (exact) mass is 331 g/mol. The summed E-state index contributed by atoms with van der Waals surface area (Å²) in [5.74, 6) is 0. The van der Waals surface area contributed by atoms with Gasteiger partial charge in [0.05, 0.1) is 6.61 Å². The van der Waals surface area contributed by atoms with Crippen LogP contribution < -0.4 is 10.9 Å². The molecule has 0 radical (unpaired) electrons. The fourth-order valence-corrected chi connectivity index (χ4v) is 3.33. The molecule has 2 aromatic rings. The third-order valence-corrected chi connectivity index (χ3v) is 4.83. The highest BCUT2D eigenvalue weighted by Gasteiger charge is 2.32. The summed E-state index contributed by atoms with van der Waals surface area (Å²) in [6.45, 7) is 4.79. The number of hydrogen-bond acceptors (Lipinski definition) is 5. The number of benzene rings is 1. The maximum Gasteiger partial charge on any atom is 0.336 e. The van der Waals surface area contributed by atoms with Gasteiger partial charge in [0.2, 0.25) is 0 Å². The average Bonchev–Trinajstić information content (AvgIpc) is 2.60. The van der Waals surface area contributed by atoms with E-state index in [1.54, 1.807) is 13.2 Å². The Labute approximate surface area is 141 Å². The van der Waals surface area contributed by atoms with E-state index in [-0.39, 0.29) is 11.2 Å². The molecule has 0 spiro atoms. The van der Waals surface area contributed by atoms with Crippen molar-refractivity contribution >= 4 is 11.0 Å². The predicted octanol–water partition coefficient (Wildman–Crippen LogP) is 2.64. The molecule has 5 nitrogen and oxygen atoms in total. The first-order valence-corrected chi connectivity index (χ1v) is 8.53. The van der Waals surface area contributed by atoms with Crippen LogP contribution in [0.4, 0.5) is 0 Å². The summed E-state index contributed by atoms with van der Waals surface area (Å²) in [4.78, 5) is 11.9. The summed E-state index contributed by atoms with van der Waals surface area (Å²) in [7, 11) is 1.72. The topological polar surface area (TPSA) is 60.7 Å². The maximum atomic E-state index is 11.9. The van der Waals surface area contributed by atoms with E-state index in [4.69, 9.17) is 13.9 Å². The van der Waals surface area contributed by atoms with E-state index >= 15 is 0 Å². The Morgan fingerprint density at radius 3 is 2.75 bits per heavy atom. The van der Waals surface area contributed by atoms with Gasteiger partial charge in [-0.15, -0.1) is 0 Å². The van der Waals surface area contributed by atoms with E-state index in [1.165, 1.54) is 0 Å². The number of aryl methyl sites for hydroxylation is 1. The Bertz CT molecular complexity index is 741. The van der Waals surface area contributed by atoms with Crippen LogP contribution in [0.1, 0.15) is 30.9 Å². The fraction of sp³-hybridized carbons (Fsp3) is 0.526. The summed E-state index contributed by atoms with van der Waals surface area (Å²) in [5.41, 5.74) is 2.38. The molecule has 0 unspecified atom stereocenters. The van der Waals surface area contributed by atoms with E-state index in [2.05, 4.69) is 18.3 Å². The molecule has 1 aliphatic rings. The van der Waals surface area contributed by atoms with Crippen LogP contribution in [-0.2, 0) is 22.4 Å². The van der Waals surface area contributed by atoms with Crippen LogP contribution >= 0.6 is 0 Å². The molecule has 1 aromatic heterocycles. The van der Waals surface area contributed by atoms with Crippen molar-refractivity contribution in [2.24, 2.45) is 0 Å². The van der Waals surface area contributed by atoms with E-state index in [0.29, 0.717) is 18.7 Å². The van der Waals surface area contributed by atoms with E-state index in [9.17, 15) is 4.79 Å². The van der Waals surface area contributed by atoms with Crippen LogP contribution in [0, 0.1) is 0 Å². The van der Waals surface area contributed by atoms with Crippen molar-refractivity contribution in [1.29, 1.82) is 0 Å². The van der Waals surface area contributed by atoms with Crippen LogP contribution in [0.25, 0.3) is 11.0 Å². The molecule has 5 heteroatoms. The van der Waals surface area contributed by atoms with Crippen molar-refractivity contribution in [2.45, 2.75) is 38.3 Å². The third-order valence-electron chi connectivity index (χ3n) is 4.83. The zero-order chi connectivity index (χ0) is 17.0. The highest BCUT2D eigenvalue weighted by atomic mass is 16.5. The molecule has 1 N–H and O–H groups in total. The summed E-state index contributed by atoms with van der Waals surface area (Å²) >= 11 is 0. The maximum absolute atomic E-state index is 11.9. The fourth-order valence-electron chi connectivity index (χ4n) is 3.33. The number of methoxy groups -OCH3 is 1. The Morgan fingerprint density at radius 1 is 1.25 bits per heavy atom. The molecule has 2 heterocycles. The molecular formula is C19H25NO4. The second kappa shape index (κ2) is 7.47. The Hall–Kier alpha value is -1.69. The van der Waals surface area contributed by atoms with E-state index in [1.807, 2.05) is 12.1 Å². The number of ether oxygens (including phenoxy) is 2. The van der Waals surface area contributed by atoms with Crippen LogP contribution in [0.15, 0.2) is 33.5 Å². The molecule has 0 atom stereocenters. The highest BCUT2D eigenvalue weighted by Crippen LogP contribution is 2.24. The Kier molecular flexibility index (Phi) is 5.33. The first-order valence-electron chi connectivity index (χ1n) is 8.53. The summed E-state index contributed by atoms with van der Waals surface area (Å²) in [5, 5.41) is 4.60. The lowest BCUT2D eigenvalue weighted by atomic mass is 9.90. The molecule has 0 amide bonds. The van der Waals surface area contributed by atoms with Gasteiger partial charge in [-0.3, -0.25) is 0 Å². The van der Waals surface area contributed by atoms with Crippen molar-refractivity contribution in [2.75, 3.05) is 26.9 Å². The zero-order valence-electron chi connectivity index (χ0n) is 14.4. The molecule has 0 saturated carbocycles. The molecule has 1 saturated heterocycles. The van der Waals surface area contributed by atoms with Crippen molar-refractivity contribution in [3.05, 3.63) is 45.8 Å². The van der Waals surface area contributed by atoms with Gasteiger partial charge in [0.15, 0.2) is 0 Å². The van der Waals surface area contributed by atoms with E-state index < -0.39 is 0 Å². The molecule has 1 aromatic carbocycles. The number of fused-ring (bicyclic) bond motifs is 1. The lowest BCUT2D eigenvalue weighted by molar-refractivity contribution is -0.000190. The van der Waals surface area contributed by atoms with Crippen LogP contribution in [0.5, 0.6) is 0 Å². The molecule has 3 rings (SSSR count). The minimum atomic E-state index is -0.305. The lowest BCUT2D eigenvalue weighted by Crippen LogP contribution is -2.52. The molecule has 0 aliphatic carbocycles. The second-order valence-electron chi connectivity index (χ2n) is 6.45. The first-order chi connectivity index (χ1) is 11.7. The second-order valence-corrected chi connectivity index (χ2v) is 6.45. The lowest BCUT2D eigenvalue weighted by Gasteiger charge is -2.37. The standard InChI is InChI=1S/C19H25NO4/c1-3-14-4-5-16-15(11-18(21)24-17(16)10-14)12-20-19(13-22-2)6-8-23-9-7-19/h4-5,10-11,20H,3,6-9,12-13H2,1-2H3. The van der Waals surface area contributed by atoms with Crippen molar-refractivity contribution < 1.29 is 13.9 Å². The molecular weight excluding hydrogens is 306 g/mol. The molecule has 24 heavy (non-hydrogen) atoms. The number of hydrogen-bond donors (Lipinski definition) is 1. The van der Waals surface area contributed by atoms with Gasteiger partial charge in [-0.05, 0) is 36.5 Å². The van der Waals surface area contributed by atoms with Crippen LogP contribution in [0.2, 0.25) is 0 Å².